The quantitative estimate of drug-likeness (QED) is 0.676. The van der Waals surface area contributed by atoms with Crippen LogP contribution >= 0.6 is 15.9 Å². The third-order valence-electron chi connectivity index (χ3n) is 4.21. The number of halogens is 1. The Morgan fingerprint density at radius 3 is 2.50 bits per heavy atom. The van der Waals surface area contributed by atoms with Crippen molar-refractivity contribution < 1.29 is 12.6 Å². The van der Waals surface area contributed by atoms with Gasteiger partial charge in [0.15, 0.2) is 0 Å². The van der Waals surface area contributed by atoms with Gasteiger partial charge >= 0.3 is 10.1 Å². The van der Waals surface area contributed by atoms with Gasteiger partial charge in [-0.05, 0) is 49.2 Å². The molecular formula is C18H20BrNO3S. The van der Waals surface area contributed by atoms with Gasteiger partial charge in [-0.15, -0.1) is 0 Å². The number of benzene rings is 2. The summed E-state index contributed by atoms with van der Waals surface area (Å²) in [5.41, 5.74) is 1.23. The van der Waals surface area contributed by atoms with Crippen LogP contribution in [0.2, 0.25) is 0 Å². The van der Waals surface area contributed by atoms with Crippen molar-refractivity contribution in [3.05, 3.63) is 64.6 Å². The summed E-state index contributed by atoms with van der Waals surface area (Å²) >= 11 is 3.45. The van der Waals surface area contributed by atoms with Crippen molar-refractivity contribution in [3.63, 3.8) is 0 Å². The van der Waals surface area contributed by atoms with Crippen LogP contribution in [0.15, 0.2) is 59.1 Å². The van der Waals surface area contributed by atoms with Crippen molar-refractivity contribution in [1.29, 1.82) is 0 Å². The highest BCUT2D eigenvalue weighted by Crippen LogP contribution is 2.32. The van der Waals surface area contributed by atoms with Gasteiger partial charge in [-0.2, -0.15) is 8.42 Å². The van der Waals surface area contributed by atoms with Crippen LogP contribution in [0.25, 0.3) is 0 Å². The summed E-state index contributed by atoms with van der Waals surface area (Å²) in [7, 11) is -3.58. The first-order valence-corrected chi connectivity index (χ1v) is 10.4. The first-order chi connectivity index (χ1) is 11.5. The molecule has 0 unspecified atom stereocenters. The Labute approximate surface area is 151 Å². The maximum atomic E-state index is 12.2. The van der Waals surface area contributed by atoms with Crippen molar-refractivity contribution in [2.75, 3.05) is 18.8 Å². The highest BCUT2D eigenvalue weighted by Gasteiger charge is 2.27. The fourth-order valence-electron chi connectivity index (χ4n) is 3.05. The van der Waals surface area contributed by atoms with Crippen LogP contribution in [0.1, 0.15) is 24.4 Å². The number of rotatable bonds is 6. The zero-order chi connectivity index (χ0) is 17.0. The SMILES string of the molecule is O=S(=O)(CCN1CCC[C@H]1c1ccc(Br)cc1)Oc1ccccc1. The molecule has 0 bridgehead atoms. The molecule has 1 heterocycles. The zero-order valence-electron chi connectivity index (χ0n) is 13.3. The molecule has 24 heavy (non-hydrogen) atoms. The molecule has 1 aliphatic heterocycles. The number of hydrogen-bond acceptors (Lipinski definition) is 4. The molecule has 6 heteroatoms. The van der Waals surface area contributed by atoms with E-state index in [1.165, 1.54) is 5.56 Å². The lowest BCUT2D eigenvalue weighted by Crippen LogP contribution is -2.30. The Hall–Kier alpha value is -1.37. The third kappa shape index (κ3) is 4.59. The number of likely N-dealkylation sites (tertiary alicyclic amines) is 1. The van der Waals surface area contributed by atoms with E-state index >= 15 is 0 Å². The minimum absolute atomic E-state index is 0.00504. The average Bonchev–Trinajstić information content (AvgIpc) is 3.03. The molecule has 0 amide bonds. The van der Waals surface area contributed by atoms with Crippen LogP contribution in [0, 0.1) is 0 Å². The van der Waals surface area contributed by atoms with Crippen LogP contribution in [0.5, 0.6) is 5.75 Å². The van der Waals surface area contributed by atoms with Gasteiger partial charge in [0, 0.05) is 17.1 Å². The highest BCUT2D eigenvalue weighted by atomic mass is 79.9. The molecule has 0 N–H and O–H groups in total. The predicted molar refractivity (Wildman–Crippen MR) is 98.5 cm³/mol. The third-order valence-corrected chi connectivity index (χ3v) is 5.87. The first-order valence-electron chi connectivity index (χ1n) is 8.00. The molecule has 2 aromatic rings. The molecule has 0 radical (unpaired) electrons. The smallest absolute Gasteiger partial charge is 0.310 e. The summed E-state index contributed by atoms with van der Waals surface area (Å²) in [6.45, 7) is 1.40. The van der Waals surface area contributed by atoms with E-state index in [4.69, 9.17) is 4.18 Å². The standard InChI is InChI=1S/C18H20BrNO3S/c19-16-10-8-15(9-11-16)18-7-4-12-20(18)13-14-24(21,22)23-17-5-2-1-3-6-17/h1-3,5-6,8-11,18H,4,7,12-14H2/t18-/m0/s1. The van der Waals surface area contributed by atoms with E-state index in [0.29, 0.717) is 12.3 Å². The Kier molecular flexibility index (Phi) is 5.58. The van der Waals surface area contributed by atoms with Crippen molar-refractivity contribution in [3.8, 4) is 5.75 Å². The normalized spacial score (nSPS) is 18.6. The van der Waals surface area contributed by atoms with Crippen LogP contribution in [-0.2, 0) is 10.1 Å². The van der Waals surface area contributed by atoms with Gasteiger partial charge in [-0.1, -0.05) is 46.3 Å². The Bertz CT molecular complexity index is 763. The van der Waals surface area contributed by atoms with Crippen molar-refractivity contribution >= 4 is 26.0 Å². The summed E-state index contributed by atoms with van der Waals surface area (Å²) in [6.07, 6.45) is 2.14. The van der Waals surface area contributed by atoms with Crippen LogP contribution in [-0.4, -0.2) is 32.2 Å². The van der Waals surface area contributed by atoms with E-state index in [-0.39, 0.29) is 11.8 Å². The molecule has 4 nitrogen and oxygen atoms in total. The van der Waals surface area contributed by atoms with E-state index in [0.717, 1.165) is 23.9 Å². The van der Waals surface area contributed by atoms with Crippen LogP contribution in [0.3, 0.4) is 0 Å². The number of hydrogen-bond donors (Lipinski definition) is 0. The summed E-state index contributed by atoms with van der Waals surface area (Å²) in [5.74, 6) is 0.359. The maximum absolute atomic E-state index is 12.2. The second kappa shape index (κ2) is 7.68. The lowest BCUT2D eigenvalue weighted by atomic mass is 10.1. The highest BCUT2D eigenvalue weighted by molar-refractivity contribution is 9.10. The summed E-state index contributed by atoms with van der Waals surface area (Å²) in [5, 5.41) is 0. The van der Waals surface area contributed by atoms with E-state index < -0.39 is 10.1 Å². The topological polar surface area (TPSA) is 46.6 Å². The lowest BCUT2D eigenvalue weighted by Gasteiger charge is -2.24. The average molecular weight is 410 g/mol. The van der Waals surface area contributed by atoms with Crippen molar-refractivity contribution in [1.82, 2.24) is 4.90 Å². The number of nitrogens with zero attached hydrogens (tertiary/aromatic N) is 1. The Morgan fingerprint density at radius 2 is 1.79 bits per heavy atom. The van der Waals surface area contributed by atoms with Gasteiger partial charge in [0.25, 0.3) is 0 Å². The molecule has 2 aromatic carbocycles. The van der Waals surface area contributed by atoms with Crippen LogP contribution < -0.4 is 4.18 Å². The zero-order valence-corrected chi connectivity index (χ0v) is 15.7. The Morgan fingerprint density at radius 1 is 1.08 bits per heavy atom. The summed E-state index contributed by atoms with van der Waals surface area (Å²) < 4.78 is 30.6. The molecule has 128 valence electrons. The molecule has 3 rings (SSSR count). The number of para-hydroxylation sites is 1. The summed E-state index contributed by atoms with van der Waals surface area (Å²) in [6, 6.07) is 17.2. The molecule has 1 aliphatic rings. The second-order valence-electron chi connectivity index (χ2n) is 5.90. The predicted octanol–water partition coefficient (Wildman–Crippen LogP) is 3.99. The van der Waals surface area contributed by atoms with Gasteiger partial charge in [-0.3, -0.25) is 4.90 Å². The molecular weight excluding hydrogens is 390 g/mol. The fourth-order valence-corrected chi connectivity index (χ4v) is 4.26. The largest absolute Gasteiger partial charge is 0.382 e. The maximum Gasteiger partial charge on any atom is 0.310 e. The minimum atomic E-state index is -3.58. The Balaban J connectivity index is 1.61. The molecule has 1 saturated heterocycles. The monoisotopic (exact) mass is 409 g/mol. The van der Waals surface area contributed by atoms with E-state index in [2.05, 4.69) is 33.0 Å². The van der Waals surface area contributed by atoms with Crippen LogP contribution in [0.4, 0.5) is 0 Å². The van der Waals surface area contributed by atoms with Gasteiger partial charge < -0.3 is 4.18 Å². The van der Waals surface area contributed by atoms with E-state index in [1.54, 1.807) is 24.3 Å². The summed E-state index contributed by atoms with van der Waals surface area (Å²) in [4.78, 5) is 2.23. The first kappa shape index (κ1) is 17.5. The second-order valence-corrected chi connectivity index (χ2v) is 8.51. The molecule has 0 saturated carbocycles. The molecule has 0 aromatic heterocycles. The lowest BCUT2D eigenvalue weighted by molar-refractivity contribution is 0.270. The van der Waals surface area contributed by atoms with E-state index in [1.807, 2.05) is 18.2 Å². The fraction of sp³-hybridized carbons (Fsp3) is 0.333. The molecule has 1 atom stereocenters. The molecule has 0 spiro atoms. The molecule has 1 fully saturated rings. The van der Waals surface area contributed by atoms with Gasteiger partial charge in [0.2, 0.25) is 0 Å². The van der Waals surface area contributed by atoms with Gasteiger partial charge in [-0.25, -0.2) is 0 Å². The van der Waals surface area contributed by atoms with Crippen molar-refractivity contribution in [2.24, 2.45) is 0 Å². The minimum Gasteiger partial charge on any atom is -0.382 e. The van der Waals surface area contributed by atoms with Gasteiger partial charge in [0.05, 0.1) is 5.75 Å². The van der Waals surface area contributed by atoms with E-state index in [9.17, 15) is 8.42 Å². The van der Waals surface area contributed by atoms with Gasteiger partial charge in [0.1, 0.15) is 5.75 Å². The molecule has 0 aliphatic carbocycles. The van der Waals surface area contributed by atoms with Crippen molar-refractivity contribution in [2.45, 2.75) is 18.9 Å².